The lowest BCUT2D eigenvalue weighted by Gasteiger charge is -2.30. The molecule has 0 aliphatic carbocycles. The average molecular weight is 669 g/mol. The highest BCUT2D eigenvalue weighted by atomic mass is 16.5. The number of carboxylic acids is 2. The Hall–Kier alpha value is -4.82. The molecule has 8 N–H and O–H groups in total. The molecule has 14 nitrogen and oxygen atoms in total. The van der Waals surface area contributed by atoms with Gasteiger partial charge in [-0.25, -0.2) is 9.59 Å². The van der Waals surface area contributed by atoms with Gasteiger partial charge in [0, 0.05) is 52.6 Å². The molecule has 2 saturated heterocycles. The third-order valence-corrected chi connectivity index (χ3v) is 7.25. The van der Waals surface area contributed by atoms with Crippen LogP contribution < -0.4 is 31.9 Å². The first-order chi connectivity index (χ1) is 23.2. The van der Waals surface area contributed by atoms with E-state index in [4.69, 9.17) is 31.2 Å². The molecule has 2 heterocycles. The minimum absolute atomic E-state index is 0.437. The molecule has 0 aromatic heterocycles. The molecular weight excluding hydrogens is 616 g/mol. The van der Waals surface area contributed by atoms with Crippen LogP contribution in [0.1, 0.15) is 38.5 Å². The van der Waals surface area contributed by atoms with Crippen molar-refractivity contribution in [2.45, 2.75) is 38.5 Å². The maximum Gasteiger partial charge on any atom is 0.328 e. The van der Waals surface area contributed by atoms with E-state index in [2.05, 4.69) is 54.7 Å². The molecule has 0 radical (unpaired) electrons. The highest BCUT2D eigenvalue weighted by molar-refractivity contribution is 5.96. The van der Waals surface area contributed by atoms with Gasteiger partial charge in [-0.3, -0.25) is 9.98 Å². The van der Waals surface area contributed by atoms with E-state index in [1.54, 1.807) is 14.2 Å². The van der Waals surface area contributed by atoms with Crippen LogP contribution in [0.4, 0.5) is 22.7 Å². The molecular formula is C34H52N8O6. The van der Waals surface area contributed by atoms with Crippen LogP contribution in [0.25, 0.3) is 0 Å². The highest BCUT2D eigenvalue weighted by Crippen LogP contribution is 2.29. The van der Waals surface area contributed by atoms with Crippen molar-refractivity contribution in [1.29, 1.82) is 0 Å². The van der Waals surface area contributed by atoms with E-state index in [0.717, 1.165) is 37.6 Å². The number of nitrogens with zero attached hydrogens (tertiary/aromatic N) is 4. The number of aliphatic carboxylic acids is 2. The third kappa shape index (κ3) is 16.1. The molecule has 0 unspecified atom stereocenters. The molecule has 0 saturated carbocycles. The number of anilines is 4. The number of hydrogen-bond donors (Lipinski definition) is 6. The van der Waals surface area contributed by atoms with Gasteiger partial charge in [-0.15, -0.1) is 0 Å². The van der Waals surface area contributed by atoms with Gasteiger partial charge < -0.3 is 51.6 Å². The lowest BCUT2D eigenvalue weighted by atomic mass is 10.1. The molecule has 2 aromatic rings. The van der Waals surface area contributed by atoms with Crippen LogP contribution in [0.3, 0.4) is 0 Å². The average Bonchev–Trinajstić information content (AvgIpc) is 3.09. The molecule has 2 fully saturated rings. The molecule has 0 atom stereocenters. The predicted molar refractivity (Wildman–Crippen MR) is 193 cm³/mol. The van der Waals surface area contributed by atoms with Gasteiger partial charge in [0.05, 0.1) is 49.1 Å². The van der Waals surface area contributed by atoms with E-state index in [9.17, 15) is 9.59 Å². The standard InChI is InChI=1S/2C15H24N4O.C4H4O4/c2*1-20-12-9-17-15(16)18-13-7-3-4-8-14(13)19-10-5-2-6-11-19;5-3(6)1-2-4(7)8/h2*3-4,7-8H,2,5-6,9-12H2,1H3,(H3,16,17,18);1-2H,(H,5,6)(H,7,8)/b;;2-1+. The van der Waals surface area contributed by atoms with E-state index < -0.39 is 11.9 Å². The van der Waals surface area contributed by atoms with E-state index in [1.165, 1.54) is 49.9 Å². The Kier molecular flexibility index (Phi) is 19.3. The minimum atomic E-state index is -1.26. The summed E-state index contributed by atoms with van der Waals surface area (Å²) in [7, 11) is 3.32. The van der Waals surface area contributed by atoms with Gasteiger partial charge in [-0.1, -0.05) is 24.3 Å². The first-order valence-electron chi connectivity index (χ1n) is 16.2. The Bertz CT molecular complexity index is 1220. The summed E-state index contributed by atoms with van der Waals surface area (Å²) in [6.45, 7) is 6.74. The molecule has 0 bridgehead atoms. The Morgan fingerprint density at radius 1 is 0.688 bits per heavy atom. The van der Waals surface area contributed by atoms with Gasteiger partial charge in [0.15, 0.2) is 11.9 Å². The zero-order chi connectivity index (χ0) is 35.0. The maximum absolute atomic E-state index is 9.55. The predicted octanol–water partition coefficient (Wildman–Crippen LogP) is 3.81. The molecule has 2 aliphatic rings. The number of aliphatic imine (C=N–C) groups is 2. The van der Waals surface area contributed by atoms with Crippen molar-refractivity contribution in [3.8, 4) is 0 Å². The van der Waals surface area contributed by atoms with Crippen LogP contribution in [0.5, 0.6) is 0 Å². The Labute approximate surface area is 283 Å². The van der Waals surface area contributed by atoms with Crippen LogP contribution in [-0.2, 0) is 19.1 Å². The summed E-state index contributed by atoms with van der Waals surface area (Å²) in [6, 6.07) is 16.5. The second-order valence-corrected chi connectivity index (χ2v) is 10.9. The fourth-order valence-corrected chi connectivity index (χ4v) is 4.99. The number of benzene rings is 2. The number of hydrogen-bond acceptors (Lipinski definition) is 8. The minimum Gasteiger partial charge on any atom is -0.478 e. The molecule has 264 valence electrons. The van der Waals surface area contributed by atoms with Crippen LogP contribution in [0, 0.1) is 0 Å². The zero-order valence-electron chi connectivity index (χ0n) is 28.1. The summed E-state index contributed by atoms with van der Waals surface area (Å²) in [5.41, 5.74) is 16.3. The van der Waals surface area contributed by atoms with E-state index >= 15 is 0 Å². The molecule has 2 aliphatic heterocycles. The topological polar surface area (TPSA) is 200 Å². The summed E-state index contributed by atoms with van der Waals surface area (Å²) in [5.74, 6) is -1.64. The number of para-hydroxylation sites is 4. The summed E-state index contributed by atoms with van der Waals surface area (Å²) < 4.78 is 9.93. The molecule has 4 rings (SSSR count). The summed E-state index contributed by atoms with van der Waals surface area (Å²) in [6.07, 6.45) is 8.79. The molecule has 0 amide bonds. The van der Waals surface area contributed by atoms with Crippen molar-refractivity contribution in [3.63, 3.8) is 0 Å². The monoisotopic (exact) mass is 668 g/mol. The second kappa shape index (κ2) is 23.5. The number of nitrogens with two attached hydrogens (primary N) is 2. The lowest BCUT2D eigenvalue weighted by molar-refractivity contribution is -0.134. The lowest BCUT2D eigenvalue weighted by Crippen LogP contribution is -2.31. The first kappa shape index (κ1) is 39.4. The number of rotatable bonds is 12. The van der Waals surface area contributed by atoms with E-state index in [-0.39, 0.29) is 0 Å². The summed E-state index contributed by atoms with van der Waals surface area (Å²) >= 11 is 0. The van der Waals surface area contributed by atoms with Crippen molar-refractivity contribution >= 4 is 46.6 Å². The zero-order valence-corrected chi connectivity index (χ0v) is 28.1. The molecule has 2 aromatic carbocycles. The number of piperidine rings is 2. The van der Waals surface area contributed by atoms with Crippen LogP contribution >= 0.6 is 0 Å². The first-order valence-corrected chi connectivity index (χ1v) is 16.2. The smallest absolute Gasteiger partial charge is 0.328 e. The number of nitrogens with one attached hydrogen (secondary N) is 2. The molecule has 14 heteroatoms. The van der Waals surface area contributed by atoms with Crippen LogP contribution in [0.15, 0.2) is 70.7 Å². The number of ether oxygens (including phenoxy) is 2. The van der Waals surface area contributed by atoms with Crippen LogP contribution in [0.2, 0.25) is 0 Å². The van der Waals surface area contributed by atoms with E-state index in [0.29, 0.717) is 50.4 Å². The SMILES string of the molecule is COCCN=C(N)Nc1ccccc1N1CCCCC1.COCCN=C(N)Nc1ccccc1N1CCCCC1.O=C(O)/C=C/C(=O)O. The van der Waals surface area contributed by atoms with Gasteiger partial charge >= 0.3 is 11.9 Å². The fourth-order valence-electron chi connectivity index (χ4n) is 4.99. The Morgan fingerprint density at radius 3 is 1.38 bits per heavy atom. The maximum atomic E-state index is 9.55. The number of methoxy groups -OCH3 is 2. The van der Waals surface area contributed by atoms with Gasteiger partial charge in [-0.05, 0) is 62.8 Å². The van der Waals surface area contributed by atoms with E-state index in [1.807, 2.05) is 24.3 Å². The Morgan fingerprint density at radius 2 is 1.04 bits per heavy atom. The Balaban J connectivity index is 0.000000274. The fraction of sp³-hybridized carbons (Fsp3) is 0.471. The van der Waals surface area contributed by atoms with Crippen molar-refractivity contribution in [2.75, 3.05) is 87.1 Å². The summed E-state index contributed by atoms with van der Waals surface area (Å²) in [4.78, 5) is 32.4. The van der Waals surface area contributed by atoms with Crippen molar-refractivity contribution in [1.82, 2.24) is 0 Å². The number of carboxylic acid groups (broad SMARTS) is 2. The molecule has 48 heavy (non-hydrogen) atoms. The quantitative estimate of drug-likeness (QED) is 0.0828. The van der Waals surface area contributed by atoms with Gasteiger partial charge in [0.25, 0.3) is 0 Å². The number of guanidine groups is 2. The third-order valence-electron chi connectivity index (χ3n) is 7.25. The van der Waals surface area contributed by atoms with Gasteiger partial charge in [0.1, 0.15) is 0 Å². The van der Waals surface area contributed by atoms with Crippen molar-refractivity contribution in [2.24, 2.45) is 21.5 Å². The van der Waals surface area contributed by atoms with Gasteiger partial charge in [-0.2, -0.15) is 0 Å². The van der Waals surface area contributed by atoms with Crippen LogP contribution in [-0.4, -0.2) is 101 Å². The summed E-state index contributed by atoms with van der Waals surface area (Å²) in [5, 5.41) is 22.0. The largest absolute Gasteiger partial charge is 0.478 e. The van der Waals surface area contributed by atoms with Crippen molar-refractivity contribution < 1.29 is 29.3 Å². The molecule has 0 spiro atoms. The number of carbonyl (C=O) groups is 2. The highest BCUT2D eigenvalue weighted by Gasteiger charge is 2.15. The normalized spacial score (nSPS) is 15.1. The van der Waals surface area contributed by atoms with Gasteiger partial charge in [0.2, 0.25) is 0 Å². The second-order valence-electron chi connectivity index (χ2n) is 10.9. The van der Waals surface area contributed by atoms with Crippen molar-refractivity contribution in [3.05, 3.63) is 60.7 Å².